The number of nitrogens with zero attached hydrogens (tertiary/aromatic N) is 1. The van der Waals surface area contributed by atoms with E-state index in [4.69, 9.17) is 9.47 Å². The van der Waals surface area contributed by atoms with Gasteiger partial charge in [0.2, 0.25) is 15.9 Å². The lowest BCUT2D eigenvalue weighted by atomic mass is 10.1. The molecule has 9 nitrogen and oxygen atoms in total. The fourth-order valence-electron chi connectivity index (χ4n) is 3.29. The minimum Gasteiger partial charge on any atom is -0.454 e. The molecule has 1 saturated heterocycles. The molecule has 2 aromatic rings. The van der Waals surface area contributed by atoms with Gasteiger partial charge in [0.1, 0.15) is 10.7 Å². The highest BCUT2D eigenvalue weighted by molar-refractivity contribution is 7.89. The maximum Gasteiger partial charge on any atom is 0.338 e. The molecular formula is C23H25FN2O7S. The maximum absolute atomic E-state index is 14.3. The molecule has 0 spiro atoms. The molecule has 0 saturated carbocycles. The molecule has 2 aromatic carbocycles. The van der Waals surface area contributed by atoms with Gasteiger partial charge in [0.05, 0.1) is 18.8 Å². The summed E-state index contributed by atoms with van der Waals surface area (Å²) in [5.74, 6) is -2.51. The first-order valence-electron chi connectivity index (χ1n) is 10.6. The fourth-order valence-corrected chi connectivity index (χ4v) is 4.79. The summed E-state index contributed by atoms with van der Waals surface area (Å²) in [6, 6.07) is 9.54. The van der Waals surface area contributed by atoms with Gasteiger partial charge in [-0.05, 0) is 30.2 Å². The number of sulfonamides is 1. The summed E-state index contributed by atoms with van der Waals surface area (Å²) in [7, 11) is -4.16. The molecule has 1 aliphatic rings. The summed E-state index contributed by atoms with van der Waals surface area (Å²) in [4.78, 5) is 35.1. The van der Waals surface area contributed by atoms with Crippen LogP contribution in [0.15, 0.2) is 47.4 Å². The molecule has 1 fully saturated rings. The van der Waals surface area contributed by atoms with E-state index in [1.54, 1.807) is 24.3 Å². The van der Waals surface area contributed by atoms with Crippen LogP contribution in [0.1, 0.15) is 33.2 Å². The van der Waals surface area contributed by atoms with Crippen LogP contribution >= 0.6 is 0 Å². The largest absolute Gasteiger partial charge is 0.454 e. The van der Waals surface area contributed by atoms with Crippen molar-refractivity contribution in [2.45, 2.75) is 18.2 Å². The minimum atomic E-state index is -4.16. The lowest BCUT2D eigenvalue weighted by molar-refractivity contribution is -0.118. The Kier molecular flexibility index (Phi) is 8.48. The highest BCUT2D eigenvalue weighted by Gasteiger charge is 2.30. The van der Waals surface area contributed by atoms with Crippen molar-refractivity contribution in [1.82, 2.24) is 9.62 Å². The summed E-state index contributed by atoms with van der Waals surface area (Å²) in [5.41, 5.74) is 1.06. The average Bonchev–Trinajstić information content (AvgIpc) is 2.83. The molecule has 11 heteroatoms. The number of nitrogens with one attached hydrogen (secondary N) is 1. The Morgan fingerprint density at radius 1 is 1.06 bits per heavy atom. The Morgan fingerprint density at radius 2 is 1.71 bits per heavy atom. The number of rotatable bonds is 9. The van der Waals surface area contributed by atoms with E-state index in [1.807, 2.05) is 0 Å². The van der Waals surface area contributed by atoms with Gasteiger partial charge in [-0.25, -0.2) is 17.6 Å². The Balaban J connectivity index is 1.62. The number of ether oxygens (including phenoxy) is 2. The smallest absolute Gasteiger partial charge is 0.338 e. The van der Waals surface area contributed by atoms with Crippen LogP contribution in [0, 0.1) is 5.82 Å². The normalized spacial score (nSPS) is 14.4. The molecule has 1 heterocycles. The molecule has 0 aromatic heterocycles. The number of ketones is 1. The molecule has 3 rings (SSSR count). The van der Waals surface area contributed by atoms with E-state index in [0.29, 0.717) is 18.5 Å². The third-order valence-corrected chi connectivity index (χ3v) is 7.07. The van der Waals surface area contributed by atoms with Crippen molar-refractivity contribution < 1.29 is 36.7 Å². The summed E-state index contributed by atoms with van der Waals surface area (Å²) < 4.78 is 51.1. The van der Waals surface area contributed by atoms with Gasteiger partial charge in [-0.1, -0.05) is 24.3 Å². The summed E-state index contributed by atoms with van der Waals surface area (Å²) in [6.45, 7) is 1.89. The van der Waals surface area contributed by atoms with Crippen LogP contribution in [0.4, 0.5) is 4.39 Å². The molecule has 0 unspecified atom stereocenters. The van der Waals surface area contributed by atoms with Gasteiger partial charge in [0.15, 0.2) is 12.4 Å². The van der Waals surface area contributed by atoms with Gasteiger partial charge < -0.3 is 14.8 Å². The van der Waals surface area contributed by atoms with Crippen molar-refractivity contribution >= 4 is 27.7 Å². The molecule has 1 aliphatic heterocycles. The number of hydrogen-bond acceptors (Lipinski definition) is 7. The molecule has 1 N–H and O–H groups in total. The molecular weight excluding hydrogens is 467 g/mol. The van der Waals surface area contributed by atoms with E-state index in [9.17, 15) is 27.2 Å². The second kappa shape index (κ2) is 11.3. The third-order valence-electron chi connectivity index (χ3n) is 5.15. The predicted molar refractivity (Wildman–Crippen MR) is 119 cm³/mol. The monoisotopic (exact) mass is 492 g/mol. The van der Waals surface area contributed by atoms with Crippen molar-refractivity contribution in [1.29, 1.82) is 0 Å². The van der Waals surface area contributed by atoms with Crippen molar-refractivity contribution in [2.24, 2.45) is 0 Å². The Morgan fingerprint density at radius 3 is 2.35 bits per heavy atom. The molecule has 182 valence electrons. The zero-order chi connectivity index (χ0) is 24.7. The Labute approximate surface area is 196 Å². The Bertz CT molecular complexity index is 1160. The van der Waals surface area contributed by atoms with Gasteiger partial charge in [-0.2, -0.15) is 4.31 Å². The number of Topliss-reactive ketones (excluding diaryl/α,β-unsaturated/α-hetero) is 1. The number of morpholine rings is 1. The number of benzene rings is 2. The van der Waals surface area contributed by atoms with E-state index in [2.05, 4.69) is 5.32 Å². The van der Waals surface area contributed by atoms with Crippen LogP contribution in [0.5, 0.6) is 0 Å². The van der Waals surface area contributed by atoms with E-state index in [-0.39, 0.29) is 37.8 Å². The zero-order valence-electron chi connectivity index (χ0n) is 18.6. The third kappa shape index (κ3) is 6.46. The van der Waals surface area contributed by atoms with Crippen LogP contribution in [0.3, 0.4) is 0 Å². The summed E-state index contributed by atoms with van der Waals surface area (Å²) in [6.07, 6.45) is 0.600. The number of carbonyl (C=O) groups excluding carboxylic acids is 3. The van der Waals surface area contributed by atoms with Crippen molar-refractivity contribution in [3.63, 3.8) is 0 Å². The quantitative estimate of drug-likeness (QED) is 0.417. The summed E-state index contributed by atoms with van der Waals surface area (Å²) in [5, 5.41) is 2.68. The maximum atomic E-state index is 14.3. The highest BCUT2D eigenvalue weighted by Crippen LogP contribution is 2.22. The molecule has 0 bridgehead atoms. The SMILES string of the molecule is CC(=O)NCCc1ccc(C(=O)COC(=O)c2ccc(F)c(S(=O)(=O)N3CCOCC3)c2)cc1. The van der Waals surface area contributed by atoms with E-state index < -0.39 is 39.1 Å². The second-order valence-corrected chi connectivity index (χ2v) is 9.50. The number of halogens is 1. The molecule has 0 aliphatic carbocycles. The zero-order valence-corrected chi connectivity index (χ0v) is 19.4. The average molecular weight is 493 g/mol. The standard InChI is InChI=1S/C23H25FN2O7S/c1-16(27)25-9-8-17-2-4-18(5-3-17)21(28)15-33-23(29)19-6-7-20(24)22(14-19)34(30,31)26-10-12-32-13-11-26/h2-7,14H,8-13,15H2,1H3,(H,25,27). The lowest BCUT2D eigenvalue weighted by Gasteiger charge is -2.26. The Hall–Kier alpha value is -3.15. The van der Waals surface area contributed by atoms with Crippen LogP contribution < -0.4 is 5.32 Å². The first kappa shape index (κ1) is 25.5. The summed E-state index contributed by atoms with van der Waals surface area (Å²) >= 11 is 0. The van der Waals surface area contributed by atoms with Gasteiger partial charge in [0.25, 0.3) is 0 Å². The van der Waals surface area contributed by atoms with Crippen molar-refractivity contribution in [3.8, 4) is 0 Å². The fraction of sp³-hybridized carbons (Fsp3) is 0.348. The van der Waals surface area contributed by atoms with Crippen LogP contribution in [-0.4, -0.2) is 69.8 Å². The number of carbonyl (C=O) groups is 3. The molecule has 0 atom stereocenters. The number of amides is 1. The lowest BCUT2D eigenvalue weighted by Crippen LogP contribution is -2.41. The van der Waals surface area contributed by atoms with Gasteiger partial charge in [0, 0.05) is 32.1 Å². The van der Waals surface area contributed by atoms with Gasteiger partial charge >= 0.3 is 5.97 Å². The highest BCUT2D eigenvalue weighted by atomic mass is 32.2. The van der Waals surface area contributed by atoms with Crippen LogP contribution in [0.2, 0.25) is 0 Å². The first-order chi connectivity index (χ1) is 16.2. The molecule has 0 radical (unpaired) electrons. The van der Waals surface area contributed by atoms with Gasteiger partial charge in [-0.3, -0.25) is 9.59 Å². The van der Waals surface area contributed by atoms with Crippen molar-refractivity contribution in [2.75, 3.05) is 39.5 Å². The first-order valence-corrected chi connectivity index (χ1v) is 12.0. The van der Waals surface area contributed by atoms with Crippen molar-refractivity contribution in [3.05, 3.63) is 65.0 Å². The van der Waals surface area contributed by atoms with E-state index in [1.165, 1.54) is 6.92 Å². The minimum absolute atomic E-state index is 0.0803. The van der Waals surface area contributed by atoms with E-state index >= 15 is 0 Å². The number of esters is 1. The molecule has 34 heavy (non-hydrogen) atoms. The number of hydrogen-bond donors (Lipinski definition) is 1. The molecule has 1 amide bonds. The predicted octanol–water partition coefficient (Wildman–Crippen LogP) is 1.56. The van der Waals surface area contributed by atoms with Crippen LogP contribution in [0.25, 0.3) is 0 Å². The second-order valence-electron chi connectivity index (χ2n) is 7.59. The van der Waals surface area contributed by atoms with E-state index in [0.717, 1.165) is 28.1 Å². The topological polar surface area (TPSA) is 119 Å². The van der Waals surface area contributed by atoms with Gasteiger partial charge in [-0.15, -0.1) is 0 Å². The van der Waals surface area contributed by atoms with Crippen LogP contribution in [-0.2, 0) is 30.7 Å².